The van der Waals surface area contributed by atoms with Gasteiger partial charge in [-0.1, -0.05) is 42.8 Å². The molecule has 0 fully saturated rings. The van der Waals surface area contributed by atoms with E-state index in [2.05, 4.69) is 25.1 Å². The fraction of sp³-hybridized carbons (Fsp3) is 0.333. The molecule has 0 bridgehead atoms. The number of benzene rings is 2. The smallest absolute Gasteiger partial charge is 0.119 e. The van der Waals surface area contributed by atoms with Gasteiger partial charge in [0.15, 0.2) is 0 Å². The zero-order chi connectivity index (χ0) is 14.5. The molecule has 0 saturated carbocycles. The summed E-state index contributed by atoms with van der Waals surface area (Å²) >= 11 is 0. The number of aliphatic hydroxyl groups is 1. The van der Waals surface area contributed by atoms with Crippen molar-refractivity contribution in [2.45, 2.75) is 33.3 Å². The minimum absolute atomic E-state index is 0.274. The molecule has 1 atom stereocenters. The van der Waals surface area contributed by atoms with Crippen molar-refractivity contribution in [1.82, 2.24) is 0 Å². The van der Waals surface area contributed by atoms with Crippen molar-refractivity contribution >= 4 is 0 Å². The van der Waals surface area contributed by atoms with E-state index < -0.39 is 6.10 Å². The molecule has 1 unspecified atom stereocenters. The van der Waals surface area contributed by atoms with Crippen molar-refractivity contribution in [3.63, 3.8) is 0 Å². The van der Waals surface area contributed by atoms with Crippen molar-refractivity contribution in [3.8, 4) is 5.75 Å². The Morgan fingerprint density at radius 2 is 1.75 bits per heavy atom. The maximum atomic E-state index is 10.3. The third kappa shape index (κ3) is 3.61. The normalized spacial score (nSPS) is 12.2. The minimum Gasteiger partial charge on any atom is -0.491 e. The highest BCUT2D eigenvalue weighted by Crippen LogP contribution is 2.21. The van der Waals surface area contributed by atoms with Crippen LogP contribution in [0, 0.1) is 13.8 Å². The predicted molar refractivity (Wildman–Crippen MR) is 82.2 cm³/mol. The molecule has 0 amide bonds. The Hall–Kier alpha value is -1.80. The van der Waals surface area contributed by atoms with E-state index in [0.717, 1.165) is 28.9 Å². The second-order valence-corrected chi connectivity index (χ2v) is 5.18. The summed E-state index contributed by atoms with van der Waals surface area (Å²) in [5, 5.41) is 10.3. The first-order valence-corrected chi connectivity index (χ1v) is 7.07. The summed E-state index contributed by atoms with van der Waals surface area (Å²) in [6.07, 6.45) is 0.423. The van der Waals surface area contributed by atoms with Crippen molar-refractivity contribution in [2.24, 2.45) is 0 Å². The van der Waals surface area contributed by atoms with E-state index in [1.807, 2.05) is 38.1 Å². The maximum absolute atomic E-state index is 10.3. The Labute approximate surface area is 121 Å². The fourth-order valence-corrected chi connectivity index (χ4v) is 2.21. The lowest BCUT2D eigenvalue weighted by molar-refractivity contribution is 0.107. The lowest BCUT2D eigenvalue weighted by Gasteiger charge is -2.15. The number of ether oxygens (including phenoxy) is 1. The van der Waals surface area contributed by atoms with Crippen LogP contribution >= 0.6 is 0 Å². The molecule has 0 aliphatic heterocycles. The van der Waals surface area contributed by atoms with Gasteiger partial charge in [-0.25, -0.2) is 0 Å². The summed E-state index contributed by atoms with van der Waals surface area (Å²) in [5.74, 6) is 0.798. The van der Waals surface area contributed by atoms with Gasteiger partial charge < -0.3 is 9.84 Å². The van der Waals surface area contributed by atoms with Crippen LogP contribution in [0.4, 0.5) is 0 Å². The Kier molecular flexibility index (Phi) is 4.80. The van der Waals surface area contributed by atoms with Gasteiger partial charge in [-0.15, -0.1) is 0 Å². The van der Waals surface area contributed by atoms with Crippen LogP contribution in [0.2, 0.25) is 0 Å². The summed E-state index contributed by atoms with van der Waals surface area (Å²) in [6, 6.07) is 14.1. The lowest BCUT2D eigenvalue weighted by Crippen LogP contribution is -2.11. The van der Waals surface area contributed by atoms with E-state index in [9.17, 15) is 5.11 Å². The SMILES string of the molecule is CCc1ccc(OCC(O)c2cc(C)ccc2C)cc1. The number of aliphatic hydroxyl groups excluding tert-OH is 1. The molecule has 0 aliphatic rings. The predicted octanol–water partition coefficient (Wildman–Crippen LogP) is 3.98. The first-order valence-electron chi connectivity index (χ1n) is 7.07. The molecule has 0 aliphatic carbocycles. The topological polar surface area (TPSA) is 29.5 Å². The Bertz CT molecular complexity index is 558. The van der Waals surface area contributed by atoms with Crippen molar-refractivity contribution in [2.75, 3.05) is 6.61 Å². The molecular formula is C18H22O2. The highest BCUT2D eigenvalue weighted by molar-refractivity contribution is 5.32. The van der Waals surface area contributed by atoms with Gasteiger partial charge in [-0.05, 0) is 49.1 Å². The molecule has 0 saturated heterocycles. The summed E-state index contributed by atoms with van der Waals surface area (Å²) in [6.45, 7) is 6.43. The summed E-state index contributed by atoms with van der Waals surface area (Å²) < 4.78 is 5.67. The van der Waals surface area contributed by atoms with Gasteiger partial charge in [-0.2, -0.15) is 0 Å². The van der Waals surface area contributed by atoms with E-state index in [-0.39, 0.29) is 6.61 Å². The number of hydrogen-bond acceptors (Lipinski definition) is 2. The van der Waals surface area contributed by atoms with Crippen molar-refractivity contribution in [3.05, 3.63) is 64.7 Å². The first kappa shape index (κ1) is 14.6. The molecule has 0 radical (unpaired) electrons. The first-order chi connectivity index (χ1) is 9.60. The molecule has 2 rings (SSSR count). The van der Waals surface area contributed by atoms with Gasteiger partial charge >= 0.3 is 0 Å². The molecule has 1 N–H and O–H groups in total. The lowest BCUT2D eigenvalue weighted by atomic mass is 10.0. The molecule has 0 aromatic heterocycles. The van der Waals surface area contributed by atoms with Crippen LogP contribution in [0.15, 0.2) is 42.5 Å². The van der Waals surface area contributed by atoms with Gasteiger partial charge in [-0.3, -0.25) is 0 Å². The van der Waals surface area contributed by atoms with Gasteiger partial charge in [0.25, 0.3) is 0 Å². The summed E-state index contributed by atoms with van der Waals surface area (Å²) in [7, 11) is 0. The molecule has 106 valence electrons. The third-order valence-corrected chi connectivity index (χ3v) is 3.53. The van der Waals surface area contributed by atoms with Gasteiger partial charge in [0.05, 0.1) is 0 Å². The monoisotopic (exact) mass is 270 g/mol. The van der Waals surface area contributed by atoms with Gasteiger partial charge in [0.2, 0.25) is 0 Å². The largest absolute Gasteiger partial charge is 0.491 e. The van der Waals surface area contributed by atoms with Gasteiger partial charge in [0.1, 0.15) is 18.5 Å². The zero-order valence-corrected chi connectivity index (χ0v) is 12.4. The second-order valence-electron chi connectivity index (χ2n) is 5.18. The molecule has 2 heteroatoms. The average molecular weight is 270 g/mol. The molecule has 0 heterocycles. The van der Waals surface area contributed by atoms with Crippen molar-refractivity contribution in [1.29, 1.82) is 0 Å². The molecule has 2 nitrogen and oxygen atoms in total. The maximum Gasteiger partial charge on any atom is 0.119 e. The van der Waals surface area contributed by atoms with E-state index in [0.29, 0.717) is 0 Å². The van der Waals surface area contributed by atoms with Crippen LogP contribution in [0.3, 0.4) is 0 Å². The number of aryl methyl sites for hydroxylation is 3. The Balaban J connectivity index is 2.00. The van der Waals surface area contributed by atoms with Crippen LogP contribution in [0.5, 0.6) is 5.75 Å². The highest BCUT2D eigenvalue weighted by Gasteiger charge is 2.11. The molecule has 20 heavy (non-hydrogen) atoms. The van der Waals surface area contributed by atoms with Crippen LogP contribution < -0.4 is 4.74 Å². The van der Waals surface area contributed by atoms with Gasteiger partial charge in [0, 0.05) is 0 Å². The van der Waals surface area contributed by atoms with Crippen LogP contribution in [0.25, 0.3) is 0 Å². The van der Waals surface area contributed by atoms with E-state index in [1.54, 1.807) is 0 Å². The molecule has 2 aromatic carbocycles. The zero-order valence-electron chi connectivity index (χ0n) is 12.4. The van der Waals surface area contributed by atoms with Crippen molar-refractivity contribution < 1.29 is 9.84 Å². The number of hydrogen-bond donors (Lipinski definition) is 1. The van der Waals surface area contributed by atoms with Crippen LogP contribution in [-0.2, 0) is 6.42 Å². The summed E-state index contributed by atoms with van der Waals surface area (Å²) in [5.41, 5.74) is 4.47. The second kappa shape index (κ2) is 6.58. The molecular weight excluding hydrogens is 248 g/mol. The van der Waals surface area contributed by atoms with E-state index in [1.165, 1.54) is 5.56 Å². The van der Waals surface area contributed by atoms with Crippen LogP contribution in [-0.4, -0.2) is 11.7 Å². The third-order valence-electron chi connectivity index (χ3n) is 3.53. The summed E-state index contributed by atoms with van der Waals surface area (Å²) in [4.78, 5) is 0. The van der Waals surface area contributed by atoms with E-state index >= 15 is 0 Å². The number of rotatable bonds is 5. The quantitative estimate of drug-likeness (QED) is 0.890. The Morgan fingerprint density at radius 3 is 2.40 bits per heavy atom. The Morgan fingerprint density at radius 1 is 1.05 bits per heavy atom. The molecule has 0 spiro atoms. The highest BCUT2D eigenvalue weighted by atomic mass is 16.5. The minimum atomic E-state index is -0.597. The standard InChI is InChI=1S/C18H22O2/c1-4-15-7-9-16(10-8-15)20-12-18(19)17-11-13(2)5-6-14(17)3/h5-11,18-19H,4,12H2,1-3H3. The molecule has 2 aromatic rings. The van der Waals surface area contributed by atoms with E-state index in [4.69, 9.17) is 4.74 Å². The average Bonchev–Trinajstić information content (AvgIpc) is 2.47. The van der Waals surface area contributed by atoms with Crippen LogP contribution in [0.1, 0.15) is 35.3 Å². The fourth-order valence-electron chi connectivity index (χ4n) is 2.21.